The zero-order valence-electron chi connectivity index (χ0n) is 16.0. The zero-order valence-corrected chi connectivity index (χ0v) is 16.0. The van der Waals surface area contributed by atoms with E-state index in [1.807, 2.05) is 0 Å². The van der Waals surface area contributed by atoms with Crippen molar-refractivity contribution in [3.05, 3.63) is 75.8 Å². The molecule has 1 aliphatic rings. The molecule has 0 aliphatic heterocycles. The standard InChI is InChI=1S/C22H23N3O4/c26-21(15-12-16-10-13-18(14-11-16)25(28)29)24-20-9-5-4-8-19(20)22(27)23-17-6-2-1-3-7-17/h4-5,8-15,17H,1-3,6-7H2,(H,23,27)(H,24,26)/b15-12+. The van der Waals surface area contributed by atoms with Crippen LogP contribution in [0.2, 0.25) is 0 Å². The molecule has 3 rings (SSSR count). The number of para-hydroxylation sites is 1. The number of carbonyl (C=O) groups excluding carboxylic acids is 2. The van der Waals surface area contributed by atoms with Gasteiger partial charge in [0.1, 0.15) is 0 Å². The topological polar surface area (TPSA) is 101 Å². The van der Waals surface area contributed by atoms with Crippen LogP contribution in [0.5, 0.6) is 0 Å². The molecule has 0 unspecified atom stereocenters. The van der Waals surface area contributed by atoms with Crippen molar-refractivity contribution in [3.63, 3.8) is 0 Å². The molecule has 0 radical (unpaired) electrons. The molecule has 2 N–H and O–H groups in total. The number of non-ortho nitro benzene ring substituents is 1. The van der Waals surface area contributed by atoms with Crippen LogP contribution in [0.1, 0.15) is 48.0 Å². The molecule has 1 fully saturated rings. The Balaban J connectivity index is 1.64. The van der Waals surface area contributed by atoms with Gasteiger partial charge in [0.15, 0.2) is 0 Å². The van der Waals surface area contributed by atoms with Crippen LogP contribution in [0.15, 0.2) is 54.6 Å². The highest BCUT2D eigenvalue weighted by molar-refractivity contribution is 6.07. The fraction of sp³-hybridized carbons (Fsp3) is 0.273. The number of hydrogen-bond acceptors (Lipinski definition) is 4. The van der Waals surface area contributed by atoms with Gasteiger partial charge in [0.25, 0.3) is 11.6 Å². The Labute approximate surface area is 169 Å². The average Bonchev–Trinajstić information content (AvgIpc) is 2.73. The summed E-state index contributed by atoms with van der Waals surface area (Å²) < 4.78 is 0. The third kappa shape index (κ3) is 5.75. The lowest BCUT2D eigenvalue weighted by atomic mass is 9.95. The second kappa shape index (κ2) is 9.64. The molecule has 0 atom stereocenters. The van der Waals surface area contributed by atoms with Crippen LogP contribution in [0, 0.1) is 10.1 Å². The van der Waals surface area contributed by atoms with E-state index in [9.17, 15) is 19.7 Å². The number of hydrogen-bond donors (Lipinski definition) is 2. The summed E-state index contributed by atoms with van der Waals surface area (Å²) in [5.74, 6) is -0.576. The summed E-state index contributed by atoms with van der Waals surface area (Å²) in [5, 5.41) is 16.5. The monoisotopic (exact) mass is 393 g/mol. The summed E-state index contributed by atoms with van der Waals surface area (Å²) in [5.41, 5.74) is 1.52. The van der Waals surface area contributed by atoms with E-state index in [0.717, 1.165) is 25.7 Å². The van der Waals surface area contributed by atoms with Gasteiger partial charge in [-0.1, -0.05) is 31.4 Å². The lowest BCUT2D eigenvalue weighted by Gasteiger charge is -2.23. The first kappa shape index (κ1) is 20.3. The molecule has 1 saturated carbocycles. The lowest BCUT2D eigenvalue weighted by molar-refractivity contribution is -0.384. The first-order chi connectivity index (χ1) is 14.0. The van der Waals surface area contributed by atoms with Crippen molar-refractivity contribution in [2.24, 2.45) is 0 Å². The van der Waals surface area contributed by atoms with Crippen LogP contribution in [0.3, 0.4) is 0 Å². The van der Waals surface area contributed by atoms with Crippen molar-refractivity contribution in [1.29, 1.82) is 0 Å². The summed E-state index contributed by atoms with van der Waals surface area (Å²) in [6.45, 7) is 0. The highest BCUT2D eigenvalue weighted by atomic mass is 16.6. The van der Waals surface area contributed by atoms with Gasteiger partial charge in [0, 0.05) is 24.3 Å². The fourth-order valence-electron chi connectivity index (χ4n) is 3.35. The number of rotatable bonds is 6. The van der Waals surface area contributed by atoms with Crippen molar-refractivity contribution in [1.82, 2.24) is 5.32 Å². The Hall–Kier alpha value is -3.48. The number of nitro benzene ring substituents is 1. The molecule has 0 aromatic heterocycles. The van der Waals surface area contributed by atoms with Gasteiger partial charge >= 0.3 is 0 Å². The zero-order chi connectivity index (χ0) is 20.6. The number of amides is 2. The van der Waals surface area contributed by atoms with Gasteiger partial charge in [-0.15, -0.1) is 0 Å². The number of carbonyl (C=O) groups is 2. The minimum absolute atomic E-state index is 0.00972. The van der Waals surface area contributed by atoms with E-state index in [-0.39, 0.29) is 23.5 Å². The summed E-state index contributed by atoms with van der Waals surface area (Å²) in [6.07, 6.45) is 8.31. The molecule has 0 heterocycles. The first-order valence-corrected chi connectivity index (χ1v) is 9.66. The van der Waals surface area contributed by atoms with Gasteiger partial charge < -0.3 is 10.6 Å². The van der Waals surface area contributed by atoms with E-state index in [1.165, 1.54) is 24.6 Å². The van der Waals surface area contributed by atoms with E-state index in [2.05, 4.69) is 10.6 Å². The number of nitrogens with one attached hydrogen (secondary N) is 2. The molecule has 2 aromatic rings. The van der Waals surface area contributed by atoms with Gasteiger partial charge in [-0.25, -0.2) is 0 Å². The highest BCUT2D eigenvalue weighted by Crippen LogP contribution is 2.20. The fourth-order valence-corrected chi connectivity index (χ4v) is 3.35. The van der Waals surface area contributed by atoms with Gasteiger partial charge in [0.2, 0.25) is 5.91 Å². The largest absolute Gasteiger partial charge is 0.349 e. The molecule has 7 nitrogen and oxygen atoms in total. The summed E-state index contributed by atoms with van der Waals surface area (Å²) >= 11 is 0. The molecule has 0 bridgehead atoms. The van der Waals surface area contributed by atoms with Gasteiger partial charge in [-0.05, 0) is 48.7 Å². The quantitative estimate of drug-likeness (QED) is 0.434. The number of nitro groups is 1. The second-order valence-corrected chi connectivity index (χ2v) is 7.03. The Morgan fingerprint density at radius 1 is 1.00 bits per heavy atom. The van der Waals surface area contributed by atoms with Gasteiger partial charge in [0.05, 0.1) is 16.2 Å². The van der Waals surface area contributed by atoms with Gasteiger partial charge in [-0.3, -0.25) is 19.7 Å². The number of nitrogens with zero attached hydrogens (tertiary/aromatic N) is 1. The van der Waals surface area contributed by atoms with Gasteiger partial charge in [-0.2, -0.15) is 0 Å². The minimum atomic E-state index is -0.477. The summed E-state index contributed by atoms with van der Waals surface area (Å²) in [6, 6.07) is 13.0. The normalized spacial score (nSPS) is 14.5. The van der Waals surface area contributed by atoms with Crippen LogP contribution >= 0.6 is 0 Å². The van der Waals surface area contributed by atoms with Crippen LogP contribution in [-0.4, -0.2) is 22.8 Å². The maximum absolute atomic E-state index is 12.6. The Kier molecular flexibility index (Phi) is 6.73. The third-order valence-electron chi connectivity index (χ3n) is 4.90. The molecular formula is C22H23N3O4. The van der Waals surface area contributed by atoms with Crippen molar-refractivity contribution >= 4 is 29.3 Å². The second-order valence-electron chi connectivity index (χ2n) is 7.03. The molecular weight excluding hydrogens is 370 g/mol. The Morgan fingerprint density at radius 2 is 1.69 bits per heavy atom. The maximum Gasteiger partial charge on any atom is 0.269 e. The van der Waals surface area contributed by atoms with Crippen LogP contribution < -0.4 is 10.6 Å². The molecule has 2 amide bonds. The van der Waals surface area contributed by atoms with E-state index in [4.69, 9.17) is 0 Å². The SMILES string of the molecule is O=C(/C=C/c1ccc([N+](=O)[O-])cc1)Nc1ccccc1C(=O)NC1CCCCC1. The molecule has 0 spiro atoms. The van der Waals surface area contributed by atoms with E-state index < -0.39 is 4.92 Å². The molecule has 150 valence electrons. The van der Waals surface area contributed by atoms with Crippen molar-refractivity contribution in [2.45, 2.75) is 38.1 Å². The van der Waals surface area contributed by atoms with Crippen molar-refractivity contribution < 1.29 is 14.5 Å². The first-order valence-electron chi connectivity index (χ1n) is 9.66. The van der Waals surface area contributed by atoms with Crippen LogP contribution in [0.4, 0.5) is 11.4 Å². The van der Waals surface area contributed by atoms with E-state index in [0.29, 0.717) is 16.8 Å². The van der Waals surface area contributed by atoms with Crippen LogP contribution in [0.25, 0.3) is 6.08 Å². The smallest absolute Gasteiger partial charge is 0.269 e. The number of anilines is 1. The Bertz CT molecular complexity index is 916. The maximum atomic E-state index is 12.6. The van der Waals surface area contributed by atoms with E-state index >= 15 is 0 Å². The summed E-state index contributed by atoms with van der Waals surface area (Å²) in [7, 11) is 0. The van der Waals surface area contributed by atoms with Crippen LogP contribution in [-0.2, 0) is 4.79 Å². The average molecular weight is 393 g/mol. The minimum Gasteiger partial charge on any atom is -0.349 e. The van der Waals surface area contributed by atoms with Crippen molar-refractivity contribution in [2.75, 3.05) is 5.32 Å². The molecule has 0 saturated heterocycles. The van der Waals surface area contributed by atoms with E-state index in [1.54, 1.807) is 42.5 Å². The molecule has 2 aromatic carbocycles. The number of benzene rings is 2. The molecule has 1 aliphatic carbocycles. The lowest BCUT2D eigenvalue weighted by Crippen LogP contribution is -2.36. The Morgan fingerprint density at radius 3 is 2.38 bits per heavy atom. The summed E-state index contributed by atoms with van der Waals surface area (Å²) in [4.78, 5) is 35.1. The molecule has 29 heavy (non-hydrogen) atoms. The highest BCUT2D eigenvalue weighted by Gasteiger charge is 2.18. The predicted octanol–water partition coefficient (Wildman–Crippen LogP) is 4.31. The predicted molar refractivity (Wildman–Crippen MR) is 112 cm³/mol. The van der Waals surface area contributed by atoms with Crippen molar-refractivity contribution in [3.8, 4) is 0 Å². The molecule has 7 heteroatoms. The third-order valence-corrected chi connectivity index (χ3v) is 4.90.